The molecule has 3 aromatic rings. The van der Waals surface area contributed by atoms with Crippen LogP contribution in [0.3, 0.4) is 0 Å². The molecule has 0 radical (unpaired) electrons. The van der Waals surface area contributed by atoms with Crippen LogP contribution in [0.15, 0.2) is 43.1 Å². The highest BCUT2D eigenvalue weighted by atomic mass is 32.2. The molecule has 0 aliphatic heterocycles. The van der Waals surface area contributed by atoms with Gasteiger partial charge in [-0.15, -0.1) is 0 Å². The van der Waals surface area contributed by atoms with Crippen LogP contribution in [0.25, 0.3) is 16.5 Å². The third-order valence-corrected chi connectivity index (χ3v) is 4.75. The molecular formula is C19H17F3N4O3S. The first-order valence-corrected chi connectivity index (χ1v) is 10.1. The van der Waals surface area contributed by atoms with E-state index in [0.717, 1.165) is 12.1 Å². The molecule has 0 bridgehead atoms. The molecule has 7 nitrogen and oxygen atoms in total. The number of halogens is 3. The van der Waals surface area contributed by atoms with E-state index in [0.29, 0.717) is 27.7 Å². The van der Waals surface area contributed by atoms with Crippen LogP contribution in [0.5, 0.6) is 0 Å². The van der Waals surface area contributed by atoms with E-state index in [9.17, 15) is 26.4 Å². The summed E-state index contributed by atoms with van der Waals surface area (Å²) in [6.45, 7) is 5.73. The molecular weight excluding hydrogens is 421 g/mol. The molecule has 2 heterocycles. The van der Waals surface area contributed by atoms with Gasteiger partial charge in [0.05, 0.1) is 17.8 Å². The average molecular weight is 438 g/mol. The van der Waals surface area contributed by atoms with E-state index in [1.54, 1.807) is 25.3 Å². The minimum Gasteiger partial charge on any atom is -0.320 e. The van der Waals surface area contributed by atoms with Gasteiger partial charge in [-0.1, -0.05) is 12.6 Å². The smallest absolute Gasteiger partial charge is 0.320 e. The number of hydrogen-bond donors (Lipinski definition) is 2. The van der Waals surface area contributed by atoms with Crippen molar-refractivity contribution in [2.24, 2.45) is 0 Å². The number of carbonyl (C=O) groups is 1. The minimum atomic E-state index is -4.67. The van der Waals surface area contributed by atoms with E-state index in [-0.39, 0.29) is 18.0 Å². The number of anilines is 1. The Labute approximate surface area is 171 Å². The Kier molecular flexibility index (Phi) is 5.92. The molecule has 0 saturated heterocycles. The summed E-state index contributed by atoms with van der Waals surface area (Å²) in [4.78, 5) is 15.9. The molecule has 0 spiro atoms. The lowest BCUT2D eigenvalue weighted by molar-refractivity contribution is -0.141. The van der Waals surface area contributed by atoms with Crippen LogP contribution in [-0.4, -0.2) is 34.8 Å². The van der Waals surface area contributed by atoms with Crippen molar-refractivity contribution < 1.29 is 26.4 Å². The summed E-state index contributed by atoms with van der Waals surface area (Å²) in [6, 6.07) is 6.35. The van der Waals surface area contributed by atoms with Crippen molar-refractivity contribution in [2.75, 3.05) is 11.1 Å². The second-order valence-corrected chi connectivity index (χ2v) is 7.66. The standard InChI is InChI=1S/C19H17F3N4O3S/c1-11(2)13-9-15-12(10-26(25-15)6-7-30(28)29)8-16(13)24-18(27)14-4-3-5-17(23-14)19(20,21)22/h3-5,8-10,30H,1,6-7H2,2H3,(H,24,27). The molecule has 0 atom stereocenters. The van der Waals surface area contributed by atoms with E-state index >= 15 is 0 Å². The van der Waals surface area contributed by atoms with Crippen LogP contribution in [0.1, 0.15) is 28.7 Å². The van der Waals surface area contributed by atoms with Crippen molar-refractivity contribution >= 4 is 38.8 Å². The predicted molar refractivity (Wildman–Crippen MR) is 107 cm³/mol. The summed E-state index contributed by atoms with van der Waals surface area (Å²) in [6.07, 6.45) is -3.05. The summed E-state index contributed by atoms with van der Waals surface area (Å²) in [5.74, 6) is -0.875. The first-order chi connectivity index (χ1) is 14.0. The molecule has 0 fully saturated rings. The van der Waals surface area contributed by atoms with Crippen molar-refractivity contribution in [3.8, 4) is 0 Å². The van der Waals surface area contributed by atoms with Crippen molar-refractivity contribution in [3.63, 3.8) is 0 Å². The maximum Gasteiger partial charge on any atom is 0.433 e. The van der Waals surface area contributed by atoms with Gasteiger partial charge < -0.3 is 5.32 Å². The van der Waals surface area contributed by atoms with Crippen LogP contribution in [0.4, 0.5) is 18.9 Å². The normalized spacial score (nSPS) is 11.8. The van der Waals surface area contributed by atoms with Gasteiger partial charge in [0, 0.05) is 22.8 Å². The van der Waals surface area contributed by atoms with E-state index in [1.165, 1.54) is 10.7 Å². The summed E-state index contributed by atoms with van der Waals surface area (Å²) in [5, 5.41) is 7.50. The molecule has 1 N–H and O–H groups in total. The van der Waals surface area contributed by atoms with Crippen LogP contribution < -0.4 is 5.32 Å². The average Bonchev–Trinajstić information content (AvgIpc) is 3.07. The van der Waals surface area contributed by atoms with E-state index in [4.69, 9.17) is 0 Å². The van der Waals surface area contributed by atoms with E-state index in [1.807, 2.05) is 0 Å². The van der Waals surface area contributed by atoms with Crippen LogP contribution >= 0.6 is 0 Å². The number of alkyl halides is 3. The number of thiol groups is 1. The topological polar surface area (TPSA) is 94.0 Å². The second-order valence-electron chi connectivity index (χ2n) is 6.55. The SMILES string of the molecule is C=C(C)c1cc2nn(CC[SH](=O)=O)cc2cc1NC(=O)c1cccc(C(F)(F)F)n1. The van der Waals surface area contributed by atoms with E-state index < -0.39 is 28.5 Å². The molecule has 0 unspecified atom stereocenters. The van der Waals surface area contributed by atoms with Gasteiger partial charge >= 0.3 is 6.18 Å². The fourth-order valence-electron chi connectivity index (χ4n) is 2.78. The van der Waals surface area contributed by atoms with Gasteiger partial charge in [-0.3, -0.25) is 9.48 Å². The van der Waals surface area contributed by atoms with Gasteiger partial charge in [0.1, 0.15) is 22.1 Å². The van der Waals surface area contributed by atoms with Gasteiger partial charge in [-0.25, -0.2) is 13.4 Å². The number of nitrogens with one attached hydrogen (secondary N) is 1. The number of aryl methyl sites for hydroxylation is 1. The number of fused-ring (bicyclic) bond motifs is 1. The minimum absolute atomic E-state index is 0.0680. The third kappa shape index (κ3) is 4.85. The Hall–Kier alpha value is -3.21. The number of aromatic nitrogens is 3. The highest BCUT2D eigenvalue weighted by molar-refractivity contribution is 7.72. The van der Waals surface area contributed by atoms with Gasteiger partial charge in [0.15, 0.2) is 0 Å². The largest absolute Gasteiger partial charge is 0.433 e. The Morgan fingerprint density at radius 1 is 1.27 bits per heavy atom. The highest BCUT2D eigenvalue weighted by Gasteiger charge is 2.33. The molecule has 0 saturated carbocycles. The summed E-state index contributed by atoms with van der Waals surface area (Å²) in [7, 11) is -2.54. The number of rotatable bonds is 6. The molecule has 3 rings (SSSR count). The zero-order valence-corrected chi connectivity index (χ0v) is 16.6. The number of carbonyl (C=O) groups excluding carboxylic acids is 1. The van der Waals surface area contributed by atoms with Gasteiger partial charge in [0.25, 0.3) is 5.91 Å². The molecule has 1 aromatic carbocycles. The quantitative estimate of drug-likeness (QED) is 0.576. The monoisotopic (exact) mass is 438 g/mol. The molecule has 11 heteroatoms. The second kappa shape index (κ2) is 8.27. The number of hydrogen-bond acceptors (Lipinski definition) is 5. The number of allylic oxidation sites excluding steroid dienone is 1. The lowest BCUT2D eigenvalue weighted by atomic mass is 10.0. The zero-order chi connectivity index (χ0) is 22.1. The lowest BCUT2D eigenvalue weighted by Gasteiger charge is -2.12. The van der Waals surface area contributed by atoms with Crippen LogP contribution in [0.2, 0.25) is 0 Å². The van der Waals surface area contributed by atoms with Gasteiger partial charge in [0.2, 0.25) is 0 Å². The van der Waals surface area contributed by atoms with Gasteiger partial charge in [-0.2, -0.15) is 18.3 Å². The maximum atomic E-state index is 12.9. The molecule has 2 aromatic heterocycles. The fourth-order valence-corrected chi connectivity index (χ4v) is 3.15. The van der Waals surface area contributed by atoms with Crippen LogP contribution in [0, 0.1) is 0 Å². The van der Waals surface area contributed by atoms with Crippen molar-refractivity contribution in [3.05, 3.63) is 60.1 Å². The number of nitrogens with zero attached hydrogens (tertiary/aromatic N) is 3. The Balaban J connectivity index is 1.95. The third-order valence-electron chi connectivity index (χ3n) is 4.18. The predicted octanol–water partition coefficient (Wildman–Crippen LogP) is 3.35. The van der Waals surface area contributed by atoms with Crippen molar-refractivity contribution in [1.82, 2.24) is 14.8 Å². The fraction of sp³-hybridized carbons (Fsp3) is 0.211. The number of benzene rings is 1. The molecule has 158 valence electrons. The zero-order valence-electron chi connectivity index (χ0n) is 15.7. The Morgan fingerprint density at radius 2 is 2.00 bits per heavy atom. The number of amides is 1. The molecule has 0 aliphatic carbocycles. The van der Waals surface area contributed by atoms with E-state index in [2.05, 4.69) is 22.0 Å². The number of pyridine rings is 1. The molecule has 30 heavy (non-hydrogen) atoms. The Bertz CT molecular complexity index is 1210. The van der Waals surface area contributed by atoms with Crippen molar-refractivity contribution in [2.45, 2.75) is 19.6 Å². The van der Waals surface area contributed by atoms with Crippen LogP contribution in [-0.2, 0) is 23.4 Å². The molecule has 1 amide bonds. The highest BCUT2D eigenvalue weighted by Crippen LogP contribution is 2.30. The maximum absolute atomic E-state index is 12.9. The first-order valence-electron chi connectivity index (χ1n) is 8.69. The van der Waals surface area contributed by atoms with Gasteiger partial charge in [-0.05, 0) is 36.8 Å². The van der Waals surface area contributed by atoms with Crippen molar-refractivity contribution in [1.29, 1.82) is 0 Å². The Morgan fingerprint density at radius 3 is 2.63 bits per heavy atom. The first kappa shape index (κ1) is 21.5. The summed E-state index contributed by atoms with van der Waals surface area (Å²) < 4.78 is 61.6. The lowest BCUT2D eigenvalue weighted by Crippen LogP contribution is -2.17. The molecule has 0 aliphatic rings. The summed E-state index contributed by atoms with van der Waals surface area (Å²) in [5.41, 5.74) is 0.485. The summed E-state index contributed by atoms with van der Waals surface area (Å²) >= 11 is 0.